The smallest absolute Gasteiger partial charge is 0.306 e. The van der Waals surface area contributed by atoms with E-state index in [0.717, 1.165) is 0 Å². The number of ether oxygens (including phenoxy) is 1. The van der Waals surface area contributed by atoms with E-state index >= 15 is 0 Å². The molecule has 2 rings (SSSR count). The van der Waals surface area contributed by atoms with Gasteiger partial charge in [-0.3, -0.25) is 38.9 Å². The van der Waals surface area contributed by atoms with Crippen LogP contribution in [0.25, 0.3) is 0 Å². The minimum absolute atomic E-state index is 0.128. The van der Waals surface area contributed by atoms with Gasteiger partial charge in [-0.25, -0.2) is 0 Å². The molecule has 5 amide bonds. The van der Waals surface area contributed by atoms with Gasteiger partial charge in [0.1, 0.15) is 24.2 Å². The van der Waals surface area contributed by atoms with Gasteiger partial charge >= 0.3 is 5.97 Å². The highest BCUT2D eigenvalue weighted by molar-refractivity contribution is 7.98. The number of methoxy groups -OCH3 is 1. The Hall–Kier alpha value is -4.21. The molecule has 1 aromatic rings. The highest BCUT2D eigenvalue weighted by Crippen LogP contribution is 2.20. The standard InChI is InChI=1S/C27H38N6O9S/c1-16(28-22(34)11-12-23(35)42-3)24(36)29-17(2)27(39)32-14-5-6-21(32)26(38)31-20(13-15-43-4)25(37)30-18-7-9-19(10-8-18)33(40)41/h7-10,16-17,20-21H,5-6,11-15H2,1-4H3,(H,28,34)(H,29,36)(H,30,37)(H,31,38)/t16-,17-,20+,21+/m1/s1. The average Bonchev–Trinajstić information content (AvgIpc) is 3.47. The predicted octanol–water partition coefficient (Wildman–Crippen LogP) is 0.725. The third kappa shape index (κ3) is 10.9. The van der Waals surface area contributed by atoms with Crippen molar-refractivity contribution in [1.29, 1.82) is 0 Å². The van der Waals surface area contributed by atoms with E-state index in [1.165, 1.54) is 61.9 Å². The molecule has 16 heteroatoms. The number of rotatable bonds is 15. The number of esters is 1. The largest absolute Gasteiger partial charge is 0.469 e. The molecule has 1 aliphatic rings. The van der Waals surface area contributed by atoms with Gasteiger partial charge in [-0.15, -0.1) is 0 Å². The molecule has 0 aromatic heterocycles. The summed E-state index contributed by atoms with van der Waals surface area (Å²) in [5, 5.41) is 21.3. The van der Waals surface area contributed by atoms with Crippen LogP contribution < -0.4 is 21.3 Å². The Balaban J connectivity index is 1.99. The maximum atomic E-state index is 13.3. The summed E-state index contributed by atoms with van der Waals surface area (Å²) < 4.78 is 4.48. The number of nitro groups is 1. The number of non-ortho nitro benzene ring substituents is 1. The molecule has 1 aromatic carbocycles. The lowest BCUT2D eigenvalue weighted by molar-refractivity contribution is -0.384. The van der Waals surface area contributed by atoms with Crippen LogP contribution in [0, 0.1) is 10.1 Å². The quantitative estimate of drug-likeness (QED) is 0.122. The number of amides is 5. The summed E-state index contributed by atoms with van der Waals surface area (Å²) in [5.74, 6) is -2.66. The Bertz CT molecular complexity index is 1200. The van der Waals surface area contributed by atoms with Crippen molar-refractivity contribution in [2.45, 2.75) is 70.1 Å². The highest BCUT2D eigenvalue weighted by atomic mass is 32.2. The Kier molecular flexibility index (Phi) is 13.9. The summed E-state index contributed by atoms with van der Waals surface area (Å²) in [6.45, 7) is 3.19. The zero-order chi connectivity index (χ0) is 32.1. The number of carbonyl (C=O) groups excluding carboxylic acids is 6. The summed E-state index contributed by atoms with van der Waals surface area (Å²) in [4.78, 5) is 87.0. The molecule has 1 saturated heterocycles. The molecular formula is C27H38N6O9S. The van der Waals surface area contributed by atoms with Crippen LogP contribution >= 0.6 is 11.8 Å². The van der Waals surface area contributed by atoms with Crippen LogP contribution in [0.5, 0.6) is 0 Å². The molecule has 43 heavy (non-hydrogen) atoms. The first-order valence-electron chi connectivity index (χ1n) is 13.7. The van der Waals surface area contributed by atoms with Crippen molar-refractivity contribution >= 4 is 58.6 Å². The van der Waals surface area contributed by atoms with Crippen molar-refractivity contribution in [3.05, 3.63) is 34.4 Å². The lowest BCUT2D eigenvalue weighted by Crippen LogP contribution is -2.56. The van der Waals surface area contributed by atoms with Gasteiger partial charge in [0.15, 0.2) is 0 Å². The highest BCUT2D eigenvalue weighted by Gasteiger charge is 2.38. The lowest BCUT2D eigenvalue weighted by atomic mass is 10.1. The summed E-state index contributed by atoms with van der Waals surface area (Å²) in [5.41, 5.74) is 0.201. The van der Waals surface area contributed by atoms with E-state index in [0.29, 0.717) is 30.7 Å². The second-order valence-corrected chi connectivity index (χ2v) is 10.9. The topological polar surface area (TPSA) is 206 Å². The zero-order valence-electron chi connectivity index (χ0n) is 24.5. The molecule has 1 aliphatic heterocycles. The summed E-state index contributed by atoms with van der Waals surface area (Å²) in [6.07, 6.45) is 2.77. The van der Waals surface area contributed by atoms with E-state index in [9.17, 15) is 38.9 Å². The van der Waals surface area contributed by atoms with Crippen LogP contribution in [-0.4, -0.2) is 95.2 Å². The fourth-order valence-electron chi connectivity index (χ4n) is 4.32. The van der Waals surface area contributed by atoms with E-state index in [-0.39, 0.29) is 25.1 Å². The number of benzene rings is 1. The molecule has 1 heterocycles. The molecule has 4 N–H and O–H groups in total. The maximum absolute atomic E-state index is 13.3. The van der Waals surface area contributed by atoms with Crippen LogP contribution in [0.3, 0.4) is 0 Å². The third-order valence-corrected chi connectivity index (χ3v) is 7.36. The summed E-state index contributed by atoms with van der Waals surface area (Å²) in [7, 11) is 1.20. The fourth-order valence-corrected chi connectivity index (χ4v) is 4.79. The van der Waals surface area contributed by atoms with Crippen LogP contribution in [0.15, 0.2) is 24.3 Å². The Morgan fingerprint density at radius 2 is 1.70 bits per heavy atom. The number of nitro benzene ring substituents is 1. The average molecular weight is 623 g/mol. The van der Waals surface area contributed by atoms with Crippen LogP contribution in [0.4, 0.5) is 11.4 Å². The van der Waals surface area contributed by atoms with E-state index in [1.54, 1.807) is 0 Å². The lowest BCUT2D eigenvalue weighted by Gasteiger charge is -2.29. The second kappa shape index (κ2) is 17.0. The minimum Gasteiger partial charge on any atom is -0.469 e. The van der Waals surface area contributed by atoms with Gasteiger partial charge in [-0.2, -0.15) is 11.8 Å². The molecule has 0 saturated carbocycles. The molecule has 236 valence electrons. The predicted molar refractivity (Wildman–Crippen MR) is 158 cm³/mol. The SMILES string of the molecule is COC(=O)CCC(=O)N[C@H](C)C(=O)N[C@H](C)C(=O)N1CCC[C@H]1C(=O)N[C@@H](CCSC)C(=O)Nc1ccc([N+](=O)[O-])cc1. The Labute approximate surface area is 253 Å². The van der Waals surface area contributed by atoms with Crippen molar-refractivity contribution < 1.29 is 38.4 Å². The third-order valence-electron chi connectivity index (χ3n) is 6.71. The number of thioether (sulfide) groups is 1. The van der Waals surface area contributed by atoms with Gasteiger partial charge in [-0.05, 0) is 57.3 Å². The van der Waals surface area contributed by atoms with Gasteiger partial charge < -0.3 is 30.9 Å². The molecule has 0 radical (unpaired) electrons. The maximum Gasteiger partial charge on any atom is 0.306 e. The van der Waals surface area contributed by atoms with Gasteiger partial charge in [0.2, 0.25) is 29.5 Å². The first kappa shape index (κ1) is 35.0. The molecular weight excluding hydrogens is 584 g/mol. The summed E-state index contributed by atoms with van der Waals surface area (Å²) in [6, 6.07) is 1.54. The van der Waals surface area contributed by atoms with E-state index in [4.69, 9.17) is 0 Å². The second-order valence-electron chi connectivity index (χ2n) is 9.92. The molecule has 4 atom stereocenters. The summed E-state index contributed by atoms with van der Waals surface area (Å²) >= 11 is 1.49. The van der Waals surface area contributed by atoms with Crippen LogP contribution in [0.1, 0.15) is 46.0 Å². The van der Waals surface area contributed by atoms with Gasteiger partial charge in [-0.1, -0.05) is 0 Å². The first-order valence-corrected chi connectivity index (χ1v) is 15.1. The van der Waals surface area contributed by atoms with Crippen molar-refractivity contribution in [3.63, 3.8) is 0 Å². The Morgan fingerprint density at radius 1 is 1.02 bits per heavy atom. The number of likely N-dealkylation sites (tertiary alicyclic amines) is 1. The molecule has 15 nitrogen and oxygen atoms in total. The number of hydrogen-bond acceptors (Lipinski definition) is 10. The van der Waals surface area contributed by atoms with Gasteiger partial charge in [0.25, 0.3) is 5.69 Å². The molecule has 0 aliphatic carbocycles. The molecule has 1 fully saturated rings. The zero-order valence-corrected chi connectivity index (χ0v) is 25.4. The van der Waals surface area contributed by atoms with Gasteiger partial charge in [0, 0.05) is 30.8 Å². The van der Waals surface area contributed by atoms with E-state index < -0.39 is 64.6 Å². The monoisotopic (exact) mass is 622 g/mol. The number of hydrogen-bond donors (Lipinski definition) is 4. The fraction of sp³-hybridized carbons (Fsp3) is 0.556. The number of anilines is 1. The molecule has 0 bridgehead atoms. The first-order chi connectivity index (χ1) is 20.4. The normalized spacial score (nSPS) is 16.3. The number of carbonyl (C=O) groups is 6. The van der Waals surface area contributed by atoms with Crippen LogP contribution in [-0.2, 0) is 33.5 Å². The number of nitrogens with zero attached hydrogens (tertiary/aromatic N) is 2. The molecule has 0 unspecified atom stereocenters. The van der Waals surface area contributed by atoms with Crippen molar-refractivity contribution in [2.75, 3.05) is 31.0 Å². The van der Waals surface area contributed by atoms with Crippen molar-refractivity contribution in [3.8, 4) is 0 Å². The van der Waals surface area contributed by atoms with Crippen molar-refractivity contribution in [1.82, 2.24) is 20.9 Å². The van der Waals surface area contributed by atoms with Crippen LogP contribution in [0.2, 0.25) is 0 Å². The van der Waals surface area contributed by atoms with E-state index in [2.05, 4.69) is 26.0 Å². The minimum atomic E-state index is -1.01. The van der Waals surface area contributed by atoms with E-state index in [1.807, 2.05) is 6.26 Å². The van der Waals surface area contributed by atoms with Crippen molar-refractivity contribution in [2.24, 2.45) is 0 Å². The van der Waals surface area contributed by atoms with Gasteiger partial charge in [0.05, 0.1) is 18.5 Å². The molecule has 0 spiro atoms. The Morgan fingerprint density at radius 3 is 2.30 bits per heavy atom. The number of nitrogens with one attached hydrogen (secondary N) is 4.